The lowest BCUT2D eigenvalue weighted by Crippen LogP contribution is -2.29. The van der Waals surface area contributed by atoms with E-state index in [1.807, 2.05) is 13.0 Å². The van der Waals surface area contributed by atoms with Crippen LogP contribution >= 0.6 is 11.3 Å². The Morgan fingerprint density at radius 3 is 2.46 bits per heavy atom. The molecule has 1 atom stereocenters. The first kappa shape index (κ1) is 24.3. The predicted octanol–water partition coefficient (Wildman–Crippen LogP) is 5.34. The molecule has 1 aromatic heterocycles. The predicted molar refractivity (Wildman–Crippen MR) is 142 cm³/mol. The molecule has 0 saturated carbocycles. The molecule has 2 heterocycles. The fraction of sp³-hybridized carbons (Fsp3) is 0.179. The summed E-state index contributed by atoms with van der Waals surface area (Å²) >= 11 is 1.26. The topological polar surface area (TPSA) is 98.2 Å². The minimum absolute atomic E-state index is 0.0382. The molecule has 8 nitrogen and oxygen atoms in total. The Kier molecular flexibility index (Phi) is 6.54. The quantitative estimate of drug-likeness (QED) is 0.201. The van der Waals surface area contributed by atoms with Gasteiger partial charge in [-0.1, -0.05) is 35.6 Å². The maximum atomic E-state index is 13.5. The number of aliphatic hydroxyl groups is 1. The van der Waals surface area contributed by atoms with Crippen LogP contribution in [-0.4, -0.2) is 42.6 Å². The number of aromatic nitrogens is 1. The Balaban J connectivity index is 1.71. The summed E-state index contributed by atoms with van der Waals surface area (Å²) in [5.74, 6) is -0.124. The van der Waals surface area contributed by atoms with Crippen LogP contribution in [0.5, 0.6) is 17.2 Å². The molecule has 1 saturated heterocycles. The second-order valence-corrected chi connectivity index (χ2v) is 9.25. The number of methoxy groups -OCH3 is 2. The molecule has 0 radical (unpaired) electrons. The van der Waals surface area contributed by atoms with E-state index in [4.69, 9.17) is 14.2 Å². The number of benzene rings is 3. The van der Waals surface area contributed by atoms with Crippen molar-refractivity contribution in [1.29, 1.82) is 0 Å². The molecule has 1 unspecified atom stereocenters. The number of nitrogens with zero attached hydrogens (tertiary/aromatic N) is 2. The van der Waals surface area contributed by atoms with Crippen molar-refractivity contribution < 1.29 is 28.9 Å². The lowest BCUT2D eigenvalue weighted by molar-refractivity contribution is -0.132. The molecule has 1 aliphatic heterocycles. The van der Waals surface area contributed by atoms with Crippen molar-refractivity contribution in [2.45, 2.75) is 13.0 Å². The maximum absolute atomic E-state index is 13.5. The molecular formula is C28H24N2O6S. The number of hydrogen-bond donors (Lipinski definition) is 1. The average Bonchev–Trinajstić information content (AvgIpc) is 3.46. The number of Topliss-reactive ketones (excluding diaryl/α,β-unsaturated/α-hetero) is 1. The number of anilines is 1. The number of ketones is 1. The van der Waals surface area contributed by atoms with E-state index in [9.17, 15) is 14.7 Å². The number of rotatable bonds is 7. The van der Waals surface area contributed by atoms with Gasteiger partial charge in [-0.05, 0) is 55.0 Å². The van der Waals surface area contributed by atoms with Gasteiger partial charge in [0.25, 0.3) is 5.78 Å². The third-order valence-electron chi connectivity index (χ3n) is 6.06. The summed E-state index contributed by atoms with van der Waals surface area (Å²) in [5.41, 5.74) is 1.59. The second-order valence-electron chi connectivity index (χ2n) is 8.24. The summed E-state index contributed by atoms with van der Waals surface area (Å²) < 4.78 is 17.1. The summed E-state index contributed by atoms with van der Waals surface area (Å²) in [7, 11) is 3.11. The molecule has 0 spiro atoms. The number of fused-ring (bicyclic) bond motifs is 1. The average molecular weight is 517 g/mol. The van der Waals surface area contributed by atoms with E-state index in [0.29, 0.717) is 45.6 Å². The SMILES string of the molecule is CCOc1cccc(C(O)=C2C(=O)C(=O)N(c3nc4ccc(OC)cc4s3)C2c2cccc(OC)c2)c1. The van der Waals surface area contributed by atoms with Gasteiger partial charge in [0, 0.05) is 5.56 Å². The van der Waals surface area contributed by atoms with E-state index in [1.54, 1.807) is 67.8 Å². The number of hydrogen-bond acceptors (Lipinski definition) is 8. The van der Waals surface area contributed by atoms with Gasteiger partial charge in [-0.2, -0.15) is 0 Å². The molecule has 37 heavy (non-hydrogen) atoms. The fourth-order valence-corrected chi connectivity index (χ4v) is 5.36. The van der Waals surface area contributed by atoms with Crippen molar-refractivity contribution in [2.24, 2.45) is 0 Å². The van der Waals surface area contributed by atoms with Crippen LogP contribution in [-0.2, 0) is 9.59 Å². The zero-order chi connectivity index (χ0) is 26.1. The number of carbonyl (C=O) groups is 2. The summed E-state index contributed by atoms with van der Waals surface area (Å²) in [4.78, 5) is 32.9. The number of ether oxygens (including phenoxy) is 3. The molecular weight excluding hydrogens is 492 g/mol. The van der Waals surface area contributed by atoms with E-state index in [-0.39, 0.29) is 11.3 Å². The summed E-state index contributed by atoms with van der Waals surface area (Å²) in [6.07, 6.45) is 0. The standard InChI is InChI=1S/C28H24N2O6S/c1-4-36-20-10-6-8-17(14-20)25(31)23-24(16-7-5-9-18(13-16)34-2)30(27(33)26(23)32)28-29-21-12-11-19(35-3)15-22(21)37-28/h5-15,24,31H,4H2,1-3H3. The second kappa shape index (κ2) is 9.94. The van der Waals surface area contributed by atoms with E-state index in [2.05, 4.69) is 4.98 Å². The van der Waals surface area contributed by atoms with Crippen LogP contribution in [0.15, 0.2) is 72.3 Å². The van der Waals surface area contributed by atoms with Crippen LogP contribution in [0.25, 0.3) is 16.0 Å². The van der Waals surface area contributed by atoms with Crippen LogP contribution in [0, 0.1) is 0 Å². The van der Waals surface area contributed by atoms with E-state index in [1.165, 1.54) is 23.3 Å². The van der Waals surface area contributed by atoms with Crippen LogP contribution in [0.4, 0.5) is 5.13 Å². The monoisotopic (exact) mass is 516 g/mol. The fourth-order valence-electron chi connectivity index (χ4n) is 4.33. The first-order valence-electron chi connectivity index (χ1n) is 11.6. The molecule has 9 heteroatoms. The van der Waals surface area contributed by atoms with Crippen LogP contribution in [0.2, 0.25) is 0 Å². The first-order chi connectivity index (χ1) is 17.9. The minimum Gasteiger partial charge on any atom is -0.507 e. The van der Waals surface area contributed by atoms with Crippen molar-refractivity contribution in [2.75, 3.05) is 25.7 Å². The lowest BCUT2D eigenvalue weighted by atomic mass is 9.95. The van der Waals surface area contributed by atoms with Crippen LogP contribution < -0.4 is 19.1 Å². The van der Waals surface area contributed by atoms with Crippen molar-refractivity contribution in [1.82, 2.24) is 4.98 Å². The third-order valence-corrected chi connectivity index (χ3v) is 7.08. The van der Waals surface area contributed by atoms with Gasteiger partial charge in [0.05, 0.1) is 42.7 Å². The minimum atomic E-state index is -0.923. The van der Waals surface area contributed by atoms with Gasteiger partial charge < -0.3 is 19.3 Å². The Morgan fingerprint density at radius 1 is 0.973 bits per heavy atom. The Morgan fingerprint density at radius 2 is 1.70 bits per heavy atom. The lowest BCUT2D eigenvalue weighted by Gasteiger charge is -2.23. The van der Waals surface area contributed by atoms with Crippen molar-refractivity contribution in [3.8, 4) is 17.2 Å². The number of thiazole rings is 1. The number of carbonyl (C=O) groups excluding carboxylic acids is 2. The van der Waals surface area contributed by atoms with Gasteiger partial charge in [-0.3, -0.25) is 14.5 Å². The summed E-state index contributed by atoms with van der Waals surface area (Å²) in [6, 6.07) is 18.3. The molecule has 0 bridgehead atoms. The molecule has 3 aromatic carbocycles. The summed E-state index contributed by atoms with van der Waals surface area (Å²) in [6.45, 7) is 2.30. The molecule has 1 N–H and O–H groups in total. The zero-order valence-electron chi connectivity index (χ0n) is 20.4. The molecule has 1 fully saturated rings. The van der Waals surface area contributed by atoms with E-state index < -0.39 is 17.7 Å². The highest BCUT2D eigenvalue weighted by molar-refractivity contribution is 7.22. The molecule has 188 valence electrons. The molecule has 1 aliphatic rings. The highest BCUT2D eigenvalue weighted by Gasteiger charge is 2.48. The number of amides is 1. The van der Waals surface area contributed by atoms with Gasteiger partial charge in [0.1, 0.15) is 23.0 Å². The van der Waals surface area contributed by atoms with Gasteiger partial charge in [-0.25, -0.2) is 4.98 Å². The molecule has 4 aromatic rings. The van der Waals surface area contributed by atoms with Crippen molar-refractivity contribution in [3.63, 3.8) is 0 Å². The van der Waals surface area contributed by atoms with Crippen LogP contribution in [0.1, 0.15) is 24.1 Å². The Hall–Kier alpha value is -4.37. The Bertz CT molecular complexity index is 1540. The zero-order valence-corrected chi connectivity index (χ0v) is 21.2. The molecule has 1 amide bonds. The summed E-state index contributed by atoms with van der Waals surface area (Å²) in [5, 5.41) is 11.7. The van der Waals surface area contributed by atoms with E-state index >= 15 is 0 Å². The van der Waals surface area contributed by atoms with Gasteiger partial charge in [0.15, 0.2) is 5.13 Å². The van der Waals surface area contributed by atoms with Crippen molar-refractivity contribution >= 4 is 44.1 Å². The first-order valence-corrected chi connectivity index (χ1v) is 12.4. The largest absolute Gasteiger partial charge is 0.507 e. The Labute approximate surface area is 217 Å². The normalized spacial score (nSPS) is 16.8. The highest BCUT2D eigenvalue weighted by Crippen LogP contribution is 2.45. The smallest absolute Gasteiger partial charge is 0.301 e. The third kappa shape index (κ3) is 4.38. The van der Waals surface area contributed by atoms with Gasteiger partial charge in [-0.15, -0.1) is 0 Å². The van der Waals surface area contributed by atoms with Crippen molar-refractivity contribution in [3.05, 3.63) is 83.4 Å². The molecule has 5 rings (SSSR count). The van der Waals surface area contributed by atoms with Gasteiger partial charge >= 0.3 is 5.91 Å². The van der Waals surface area contributed by atoms with Gasteiger partial charge in [0.2, 0.25) is 0 Å². The maximum Gasteiger partial charge on any atom is 0.301 e. The highest BCUT2D eigenvalue weighted by atomic mass is 32.1. The van der Waals surface area contributed by atoms with E-state index in [0.717, 1.165) is 4.70 Å². The van der Waals surface area contributed by atoms with Crippen LogP contribution in [0.3, 0.4) is 0 Å². The number of aliphatic hydroxyl groups excluding tert-OH is 1. The molecule has 0 aliphatic carbocycles.